The van der Waals surface area contributed by atoms with Crippen LogP contribution in [0.4, 0.5) is 0 Å². The lowest BCUT2D eigenvalue weighted by atomic mass is 10.2. The van der Waals surface area contributed by atoms with Crippen LogP contribution in [0.1, 0.15) is 25.7 Å². The molecule has 1 aromatic heterocycles. The molecule has 0 unspecified atom stereocenters. The number of thioether (sulfide) groups is 1. The Labute approximate surface area is 135 Å². The van der Waals surface area contributed by atoms with Gasteiger partial charge >= 0.3 is 0 Å². The number of amides is 1. The number of para-hydroxylation sites is 2. The van der Waals surface area contributed by atoms with Gasteiger partial charge in [-0.15, -0.1) is 6.58 Å². The van der Waals surface area contributed by atoms with Crippen LogP contribution in [0.3, 0.4) is 0 Å². The lowest BCUT2D eigenvalue weighted by molar-refractivity contribution is -0.119. The summed E-state index contributed by atoms with van der Waals surface area (Å²) < 4.78 is 2.11. The highest BCUT2D eigenvalue weighted by molar-refractivity contribution is 7.99. The summed E-state index contributed by atoms with van der Waals surface area (Å²) in [7, 11) is 0. The zero-order valence-corrected chi connectivity index (χ0v) is 13.4. The van der Waals surface area contributed by atoms with Gasteiger partial charge in [0.25, 0.3) is 0 Å². The van der Waals surface area contributed by atoms with Gasteiger partial charge in [-0.2, -0.15) is 0 Å². The van der Waals surface area contributed by atoms with E-state index in [2.05, 4.69) is 27.5 Å². The summed E-state index contributed by atoms with van der Waals surface area (Å²) in [5.74, 6) is 0.519. The highest BCUT2D eigenvalue weighted by atomic mass is 32.2. The molecule has 1 fully saturated rings. The highest BCUT2D eigenvalue weighted by Crippen LogP contribution is 2.24. The first-order chi connectivity index (χ1) is 10.8. The van der Waals surface area contributed by atoms with E-state index in [0.29, 0.717) is 18.3 Å². The number of aromatic nitrogens is 2. The standard InChI is InChI=1S/C17H21N3OS/c1-2-11-20-15-10-6-5-9-14(15)19-17(20)22-12-16(21)18-13-7-3-4-8-13/h2,5-6,9-10,13H,1,3-4,7-8,11-12H2,(H,18,21). The lowest BCUT2D eigenvalue weighted by Crippen LogP contribution is -2.33. The van der Waals surface area contributed by atoms with E-state index in [1.54, 1.807) is 0 Å². The van der Waals surface area contributed by atoms with Crippen molar-refractivity contribution < 1.29 is 4.79 Å². The number of fused-ring (bicyclic) bond motifs is 1. The van der Waals surface area contributed by atoms with Crippen molar-refractivity contribution in [3.63, 3.8) is 0 Å². The Balaban J connectivity index is 1.68. The molecule has 1 aliphatic carbocycles. The van der Waals surface area contributed by atoms with Crippen LogP contribution < -0.4 is 5.32 Å². The van der Waals surface area contributed by atoms with E-state index in [1.807, 2.05) is 24.3 Å². The molecule has 0 bridgehead atoms. The van der Waals surface area contributed by atoms with Gasteiger partial charge in [-0.1, -0.05) is 42.8 Å². The van der Waals surface area contributed by atoms with Crippen LogP contribution >= 0.6 is 11.8 Å². The Bertz CT molecular complexity index is 674. The van der Waals surface area contributed by atoms with E-state index >= 15 is 0 Å². The third-order valence-corrected chi connectivity index (χ3v) is 4.96. The Hall–Kier alpha value is -1.75. The van der Waals surface area contributed by atoms with Gasteiger partial charge in [0.2, 0.25) is 5.91 Å². The van der Waals surface area contributed by atoms with Crippen molar-refractivity contribution in [2.75, 3.05) is 5.75 Å². The van der Waals surface area contributed by atoms with Gasteiger partial charge in [-0.25, -0.2) is 4.98 Å². The molecule has 0 spiro atoms. The number of benzene rings is 1. The Morgan fingerprint density at radius 3 is 2.95 bits per heavy atom. The summed E-state index contributed by atoms with van der Waals surface area (Å²) in [6, 6.07) is 8.41. The van der Waals surface area contributed by atoms with Crippen molar-refractivity contribution in [3.05, 3.63) is 36.9 Å². The van der Waals surface area contributed by atoms with Gasteiger partial charge in [0.1, 0.15) is 0 Å². The first kappa shape index (κ1) is 15.2. The smallest absolute Gasteiger partial charge is 0.230 e. The zero-order valence-electron chi connectivity index (χ0n) is 12.6. The van der Waals surface area contributed by atoms with Crippen LogP contribution in [0.5, 0.6) is 0 Å². The molecule has 1 heterocycles. The molecule has 3 rings (SSSR count). The largest absolute Gasteiger partial charge is 0.353 e. The minimum atomic E-state index is 0.106. The topological polar surface area (TPSA) is 46.9 Å². The highest BCUT2D eigenvalue weighted by Gasteiger charge is 2.18. The fraction of sp³-hybridized carbons (Fsp3) is 0.412. The summed E-state index contributed by atoms with van der Waals surface area (Å²) in [6.45, 7) is 4.51. The summed E-state index contributed by atoms with van der Waals surface area (Å²) in [4.78, 5) is 16.7. The van der Waals surface area contributed by atoms with Crippen molar-refractivity contribution in [3.8, 4) is 0 Å². The van der Waals surface area contributed by atoms with E-state index in [1.165, 1.54) is 24.6 Å². The van der Waals surface area contributed by atoms with Crippen LogP contribution in [-0.4, -0.2) is 27.3 Å². The Morgan fingerprint density at radius 1 is 1.41 bits per heavy atom. The van der Waals surface area contributed by atoms with Crippen LogP contribution in [0, 0.1) is 0 Å². The fourth-order valence-electron chi connectivity index (χ4n) is 2.94. The van der Waals surface area contributed by atoms with Crippen molar-refractivity contribution in [1.82, 2.24) is 14.9 Å². The molecule has 2 aromatic rings. The summed E-state index contributed by atoms with van der Waals surface area (Å²) in [5.41, 5.74) is 2.05. The number of rotatable bonds is 6. The summed E-state index contributed by atoms with van der Waals surface area (Å²) in [5, 5.41) is 3.99. The van der Waals surface area contributed by atoms with Gasteiger partial charge in [0.05, 0.1) is 16.8 Å². The second-order valence-electron chi connectivity index (χ2n) is 5.62. The zero-order chi connectivity index (χ0) is 15.4. The molecule has 0 radical (unpaired) electrons. The number of carbonyl (C=O) groups excluding carboxylic acids is 1. The number of imidazole rings is 1. The average molecular weight is 315 g/mol. The SMILES string of the molecule is C=CCn1c(SCC(=O)NC2CCCC2)nc2ccccc21. The predicted molar refractivity (Wildman–Crippen MR) is 91.1 cm³/mol. The number of hydrogen-bond acceptors (Lipinski definition) is 3. The third kappa shape index (κ3) is 3.35. The number of nitrogens with zero attached hydrogens (tertiary/aromatic N) is 2. The van der Waals surface area contributed by atoms with Crippen LogP contribution in [0.2, 0.25) is 0 Å². The summed E-state index contributed by atoms with van der Waals surface area (Å²) >= 11 is 1.50. The number of nitrogens with one attached hydrogen (secondary N) is 1. The van der Waals surface area contributed by atoms with E-state index < -0.39 is 0 Å². The van der Waals surface area contributed by atoms with E-state index in [9.17, 15) is 4.79 Å². The minimum absolute atomic E-state index is 0.106. The monoisotopic (exact) mass is 315 g/mol. The molecule has 0 saturated heterocycles. The summed E-state index contributed by atoms with van der Waals surface area (Å²) in [6.07, 6.45) is 6.55. The Kier molecular flexibility index (Phi) is 4.83. The fourth-order valence-corrected chi connectivity index (χ4v) is 3.77. The second kappa shape index (κ2) is 7.01. The Morgan fingerprint density at radius 2 is 2.18 bits per heavy atom. The maximum absolute atomic E-state index is 12.1. The quantitative estimate of drug-likeness (QED) is 0.657. The van der Waals surface area contributed by atoms with Gasteiger partial charge in [-0.05, 0) is 25.0 Å². The molecule has 4 nitrogen and oxygen atoms in total. The van der Waals surface area contributed by atoms with Gasteiger partial charge in [-0.3, -0.25) is 4.79 Å². The van der Waals surface area contributed by atoms with Gasteiger partial charge in [0.15, 0.2) is 5.16 Å². The molecule has 0 aliphatic heterocycles. The van der Waals surface area contributed by atoms with Crippen molar-refractivity contribution in [1.29, 1.82) is 0 Å². The minimum Gasteiger partial charge on any atom is -0.353 e. The molecule has 1 aromatic carbocycles. The van der Waals surface area contributed by atoms with E-state index in [0.717, 1.165) is 29.0 Å². The number of hydrogen-bond donors (Lipinski definition) is 1. The van der Waals surface area contributed by atoms with E-state index in [4.69, 9.17) is 0 Å². The molecule has 1 saturated carbocycles. The maximum atomic E-state index is 12.1. The molecule has 116 valence electrons. The maximum Gasteiger partial charge on any atom is 0.230 e. The lowest BCUT2D eigenvalue weighted by Gasteiger charge is -2.11. The van der Waals surface area contributed by atoms with Crippen LogP contribution in [0.25, 0.3) is 11.0 Å². The molecular formula is C17H21N3OS. The van der Waals surface area contributed by atoms with Gasteiger partial charge in [0, 0.05) is 12.6 Å². The third-order valence-electron chi connectivity index (χ3n) is 3.98. The first-order valence-electron chi connectivity index (χ1n) is 7.76. The average Bonchev–Trinajstić information content (AvgIpc) is 3.14. The first-order valence-corrected chi connectivity index (χ1v) is 8.75. The molecule has 0 atom stereocenters. The molecule has 1 N–H and O–H groups in total. The van der Waals surface area contributed by atoms with E-state index in [-0.39, 0.29) is 5.91 Å². The normalized spacial score (nSPS) is 15.3. The second-order valence-corrected chi connectivity index (χ2v) is 6.56. The number of carbonyl (C=O) groups is 1. The van der Waals surface area contributed by atoms with Crippen molar-refractivity contribution in [2.24, 2.45) is 0 Å². The van der Waals surface area contributed by atoms with Crippen molar-refractivity contribution >= 4 is 28.7 Å². The molecule has 5 heteroatoms. The van der Waals surface area contributed by atoms with Crippen LogP contribution in [0.15, 0.2) is 42.1 Å². The molecule has 22 heavy (non-hydrogen) atoms. The van der Waals surface area contributed by atoms with Gasteiger partial charge < -0.3 is 9.88 Å². The molecule has 1 amide bonds. The number of allylic oxidation sites excluding steroid dienone is 1. The predicted octanol–water partition coefficient (Wildman–Crippen LogP) is 3.37. The van der Waals surface area contributed by atoms with Crippen LogP contribution in [-0.2, 0) is 11.3 Å². The van der Waals surface area contributed by atoms with Crippen molar-refractivity contribution in [2.45, 2.75) is 43.4 Å². The molecule has 1 aliphatic rings. The molecular weight excluding hydrogens is 294 g/mol.